The number of hydrogen-bond acceptors (Lipinski definition) is 4. The molecule has 0 heterocycles. The van der Waals surface area contributed by atoms with Gasteiger partial charge in [0, 0.05) is 6.42 Å². The van der Waals surface area contributed by atoms with Crippen LogP contribution < -0.4 is 0 Å². The molecular weight excluding hydrogens is 208 g/mol. The van der Waals surface area contributed by atoms with Crippen LogP contribution in [0, 0.1) is 6.92 Å². The van der Waals surface area contributed by atoms with Gasteiger partial charge in [0.05, 0.1) is 6.61 Å². The Balaban J connectivity index is 2.67. The van der Waals surface area contributed by atoms with Gasteiger partial charge in [-0.05, 0) is 43.5 Å². The van der Waals surface area contributed by atoms with E-state index in [2.05, 4.69) is 0 Å². The average Bonchev–Trinajstić information content (AvgIpc) is 2.22. The van der Waals surface area contributed by atoms with Crippen molar-refractivity contribution in [3.05, 3.63) is 23.3 Å². The molecular formula is C12H16O4. The Morgan fingerprint density at radius 2 is 2.00 bits per heavy atom. The molecule has 4 heteroatoms. The van der Waals surface area contributed by atoms with Gasteiger partial charge in [-0.2, -0.15) is 0 Å². The summed E-state index contributed by atoms with van der Waals surface area (Å²) in [6.45, 7) is 3.79. The number of aromatic hydroxyl groups is 2. The van der Waals surface area contributed by atoms with Crippen LogP contribution in [0.5, 0.6) is 11.5 Å². The van der Waals surface area contributed by atoms with Crippen LogP contribution in [0.3, 0.4) is 0 Å². The molecule has 0 spiro atoms. The van der Waals surface area contributed by atoms with Crippen LogP contribution in [0.15, 0.2) is 12.1 Å². The largest absolute Gasteiger partial charge is 0.508 e. The molecule has 0 atom stereocenters. The summed E-state index contributed by atoms with van der Waals surface area (Å²) in [6, 6.07) is 2.96. The first-order valence-electron chi connectivity index (χ1n) is 5.21. The van der Waals surface area contributed by atoms with Crippen molar-refractivity contribution in [1.82, 2.24) is 0 Å². The molecule has 1 aromatic carbocycles. The molecule has 88 valence electrons. The van der Waals surface area contributed by atoms with Crippen molar-refractivity contribution in [2.24, 2.45) is 0 Å². The summed E-state index contributed by atoms with van der Waals surface area (Å²) in [5.74, 6) is -0.0850. The molecule has 0 bridgehead atoms. The number of ether oxygens (including phenoxy) is 1. The Morgan fingerprint density at radius 3 is 2.62 bits per heavy atom. The van der Waals surface area contributed by atoms with Crippen LogP contribution in [0.1, 0.15) is 24.5 Å². The van der Waals surface area contributed by atoms with Crippen molar-refractivity contribution in [3.8, 4) is 11.5 Å². The molecule has 0 amide bonds. The van der Waals surface area contributed by atoms with Gasteiger partial charge in [0.1, 0.15) is 11.5 Å². The molecule has 1 aromatic rings. The Morgan fingerprint density at radius 1 is 1.31 bits per heavy atom. The zero-order chi connectivity index (χ0) is 12.1. The minimum Gasteiger partial charge on any atom is -0.508 e. The van der Waals surface area contributed by atoms with E-state index in [-0.39, 0.29) is 23.9 Å². The highest BCUT2D eigenvalue weighted by Crippen LogP contribution is 2.27. The van der Waals surface area contributed by atoms with E-state index in [0.29, 0.717) is 24.2 Å². The number of carbonyl (C=O) groups is 1. The highest BCUT2D eigenvalue weighted by molar-refractivity contribution is 5.69. The minimum atomic E-state index is -0.304. The predicted molar refractivity (Wildman–Crippen MR) is 59.5 cm³/mol. The summed E-state index contributed by atoms with van der Waals surface area (Å²) in [6.07, 6.45) is 0.558. The van der Waals surface area contributed by atoms with Crippen LogP contribution in [0.4, 0.5) is 0 Å². The second-order valence-corrected chi connectivity index (χ2v) is 3.57. The van der Waals surface area contributed by atoms with E-state index in [1.165, 1.54) is 12.1 Å². The van der Waals surface area contributed by atoms with Crippen molar-refractivity contribution in [2.45, 2.75) is 26.7 Å². The molecule has 16 heavy (non-hydrogen) atoms. The van der Waals surface area contributed by atoms with Crippen LogP contribution >= 0.6 is 0 Å². The maximum Gasteiger partial charge on any atom is 0.306 e. The Labute approximate surface area is 94.5 Å². The summed E-state index contributed by atoms with van der Waals surface area (Å²) >= 11 is 0. The zero-order valence-electron chi connectivity index (χ0n) is 9.49. The van der Waals surface area contributed by atoms with Crippen LogP contribution in [-0.2, 0) is 16.0 Å². The Hall–Kier alpha value is -1.71. The lowest BCUT2D eigenvalue weighted by Gasteiger charge is -2.07. The number of carbonyl (C=O) groups excluding carboxylic acids is 1. The van der Waals surface area contributed by atoms with E-state index in [1.54, 1.807) is 13.8 Å². The zero-order valence-corrected chi connectivity index (χ0v) is 9.49. The molecule has 0 unspecified atom stereocenters. The van der Waals surface area contributed by atoms with Gasteiger partial charge in [0.15, 0.2) is 0 Å². The second-order valence-electron chi connectivity index (χ2n) is 3.57. The van der Waals surface area contributed by atoms with Crippen LogP contribution in [0.25, 0.3) is 0 Å². The fraction of sp³-hybridized carbons (Fsp3) is 0.417. The molecule has 1 rings (SSSR count). The van der Waals surface area contributed by atoms with Gasteiger partial charge >= 0.3 is 5.97 Å². The number of esters is 1. The summed E-state index contributed by atoms with van der Waals surface area (Å²) in [4.78, 5) is 11.1. The third-order valence-corrected chi connectivity index (χ3v) is 2.30. The monoisotopic (exact) mass is 224 g/mol. The quantitative estimate of drug-likeness (QED) is 0.605. The van der Waals surface area contributed by atoms with Gasteiger partial charge in [0.2, 0.25) is 0 Å². The van der Waals surface area contributed by atoms with Gasteiger partial charge in [-0.1, -0.05) is 0 Å². The van der Waals surface area contributed by atoms with Gasteiger partial charge in [-0.25, -0.2) is 0 Å². The molecule has 0 fully saturated rings. The van der Waals surface area contributed by atoms with Gasteiger partial charge in [0.25, 0.3) is 0 Å². The summed E-state index contributed by atoms with van der Waals surface area (Å²) in [5, 5.41) is 19.1. The first-order chi connectivity index (χ1) is 7.54. The van der Waals surface area contributed by atoms with Crippen molar-refractivity contribution in [2.75, 3.05) is 6.61 Å². The SMILES string of the molecule is CCOC(=O)CCc1cc(O)c(C)cc1O. The normalized spacial score (nSPS) is 10.1. The lowest BCUT2D eigenvalue weighted by Crippen LogP contribution is -2.05. The average molecular weight is 224 g/mol. The van der Waals surface area contributed by atoms with Crippen LogP contribution in [-0.4, -0.2) is 22.8 Å². The Bertz CT molecular complexity index is 385. The third-order valence-electron chi connectivity index (χ3n) is 2.30. The molecule has 2 N–H and O–H groups in total. The number of phenols is 2. The topological polar surface area (TPSA) is 66.8 Å². The first-order valence-corrected chi connectivity index (χ1v) is 5.21. The van der Waals surface area contributed by atoms with E-state index in [4.69, 9.17) is 4.74 Å². The standard InChI is InChI=1S/C12H16O4/c1-3-16-12(15)5-4-9-7-10(13)8(2)6-11(9)14/h6-7,13-14H,3-5H2,1-2H3. The third kappa shape index (κ3) is 3.15. The Kier molecular flexibility index (Phi) is 4.17. The molecule has 0 aliphatic rings. The minimum absolute atomic E-state index is 0.0969. The molecule has 0 radical (unpaired) electrons. The highest BCUT2D eigenvalue weighted by Gasteiger charge is 2.08. The van der Waals surface area contributed by atoms with Gasteiger partial charge in [-0.15, -0.1) is 0 Å². The smallest absolute Gasteiger partial charge is 0.306 e. The lowest BCUT2D eigenvalue weighted by atomic mass is 10.1. The van der Waals surface area contributed by atoms with Crippen molar-refractivity contribution < 1.29 is 19.7 Å². The van der Waals surface area contributed by atoms with Crippen molar-refractivity contribution in [1.29, 1.82) is 0 Å². The van der Waals surface area contributed by atoms with E-state index < -0.39 is 0 Å². The predicted octanol–water partition coefficient (Wildman–Crippen LogP) is 1.90. The molecule has 0 aliphatic carbocycles. The summed E-state index contributed by atoms with van der Waals surface area (Å²) in [5.41, 5.74) is 1.16. The number of rotatable bonds is 4. The molecule has 0 aromatic heterocycles. The molecule has 0 aliphatic heterocycles. The number of benzene rings is 1. The van der Waals surface area contributed by atoms with E-state index in [1.807, 2.05) is 0 Å². The van der Waals surface area contributed by atoms with Crippen LogP contribution in [0.2, 0.25) is 0 Å². The fourth-order valence-corrected chi connectivity index (χ4v) is 1.39. The van der Waals surface area contributed by atoms with E-state index in [0.717, 1.165) is 0 Å². The summed E-state index contributed by atoms with van der Waals surface area (Å²) < 4.78 is 4.77. The lowest BCUT2D eigenvalue weighted by molar-refractivity contribution is -0.143. The van der Waals surface area contributed by atoms with Crippen molar-refractivity contribution >= 4 is 5.97 Å². The second kappa shape index (κ2) is 5.39. The maximum atomic E-state index is 11.1. The summed E-state index contributed by atoms with van der Waals surface area (Å²) in [7, 11) is 0. The molecule has 0 saturated carbocycles. The van der Waals surface area contributed by atoms with Gasteiger partial charge < -0.3 is 14.9 Å². The molecule has 4 nitrogen and oxygen atoms in total. The highest BCUT2D eigenvalue weighted by atomic mass is 16.5. The van der Waals surface area contributed by atoms with E-state index >= 15 is 0 Å². The van der Waals surface area contributed by atoms with Gasteiger partial charge in [-0.3, -0.25) is 4.79 Å². The first kappa shape index (κ1) is 12.4. The maximum absolute atomic E-state index is 11.1. The number of phenolic OH excluding ortho intramolecular Hbond substituents is 2. The van der Waals surface area contributed by atoms with E-state index in [9.17, 15) is 15.0 Å². The van der Waals surface area contributed by atoms with Crippen molar-refractivity contribution in [3.63, 3.8) is 0 Å². The fourth-order valence-electron chi connectivity index (χ4n) is 1.39. The number of aryl methyl sites for hydroxylation is 2. The number of hydrogen-bond donors (Lipinski definition) is 2. The molecule has 0 saturated heterocycles.